The number of phenols is 1. The van der Waals surface area contributed by atoms with E-state index in [1.807, 2.05) is 23.9 Å². The summed E-state index contributed by atoms with van der Waals surface area (Å²) in [6.07, 6.45) is 2.41. The molecule has 0 amide bonds. The van der Waals surface area contributed by atoms with Crippen LogP contribution in [0, 0.1) is 0 Å². The van der Waals surface area contributed by atoms with Crippen molar-refractivity contribution in [2.75, 3.05) is 5.75 Å². The Morgan fingerprint density at radius 3 is 2.24 bits per heavy atom. The maximum Gasteiger partial charge on any atom is 0.146 e. The highest BCUT2D eigenvalue weighted by molar-refractivity contribution is 7.99. The molecule has 0 saturated heterocycles. The van der Waals surface area contributed by atoms with Crippen molar-refractivity contribution in [3.63, 3.8) is 0 Å². The molecule has 5 heteroatoms. The van der Waals surface area contributed by atoms with E-state index in [4.69, 9.17) is 5.10 Å². The Labute approximate surface area is 178 Å². The molecule has 0 radical (unpaired) electrons. The molecule has 1 N–H and O–H groups in total. The Hall–Kier alpha value is -2.01. The van der Waals surface area contributed by atoms with E-state index in [0.29, 0.717) is 5.69 Å². The predicted molar refractivity (Wildman–Crippen MR) is 124 cm³/mol. The standard InChI is InChI=1S/C24H33N3OS/c1-8-9-12-29-17-10-11-19-20(15-17)26-27(25-19)21-14-16(23(2,3)4)13-18(22(21)28)24(5,6)7/h10-11,13-15,28H,8-9,12H2,1-7H3. The molecule has 0 aliphatic carbocycles. The van der Waals surface area contributed by atoms with Gasteiger partial charge < -0.3 is 5.11 Å². The van der Waals surface area contributed by atoms with Crippen LogP contribution in [0.25, 0.3) is 16.7 Å². The lowest BCUT2D eigenvalue weighted by Gasteiger charge is -2.27. The lowest BCUT2D eigenvalue weighted by Crippen LogP contribution is -2.18. The minimum absolute atomic E-state index is 0.0435. The zero-order chi connectivity index (χ0) is 21.4. The predicted octanol–water partition coefficient (Wildman–Crippen LogP) is 6.61. The normalized spacial score (nSPS) is 12.7. The molecule has 0 unspecified atom stereocenters. The molecular weight excluding hydrogens is 378 g/mol. The molecule has 1 aromatic heterocycles. The molecule has 1 heterocycles. The van der Waals surface area contributed by atoms with Crippen LogP contribution in [0.2, 0.25) is 0 Å². The fourth-order valence-corrected chi connectivity index (χ4v) is 4.23. The summed E-state index contributed by atoms with van der Waals surface area (Å²) >= 11 is 1.85. The van der Waals surface area contributed by atoms with Crippen LogP contribution in [0.4, 0.5) is 0 Å². The Bertz CT molecular complexity index is 1010. The van der Waals surface area contributed by atoms with Crippen molar-refractivity contribution < 1.29 is 5.11 Å². The number of hydrogen-bond acceptors (Lipinski definition) is 4. The van der Waals surface area contributed by atoms with E-state index in [1.54, 1.807) is 4.80 Å². The number of aromatic hydroxyl groups is 1. The molecule has 0 bridgehead atoms. The number of aromatic nitrogens is 3. The first-order valence-electron chi connectivity index (χ1n) is 10.4. The number of unbranched alkanes of at least 4 members (excludes halogenated alkanes) is 1. The van der Waals surface area contributed by atoms with E-state index in [9.17, 15) is 5.11 Å². The van der Waals surface area contributed by atoms with Crippen LogP contribution in [0.1, 0.15) is 72.4 Å². The average Bonchev–Trinajstić information content (AvgIpc) is 3.03. The van der Waals surface area contributed by atoms with Crippen molar-refractivity contribution in [3.05, 3.63) is 41.5 Å². The summed E-state index contributed by atoms with van der Waals surface area (Å²) in [5, 5.41) is 20.5. The molecular formula is C24H33N3OS. The molecule has 29 heavy (non-hydrogen) atoms. The monoisotopic (exact) mass is 411 g/mol. The summed E-state index contributed by atoms with van der Waals surface area (Å²) in [5.41, 5.74) is 4.17. The number of thioether (sulfide) groups is 1. The van der Waals surface area contributed by atoms with Crippen molar-refractivity contribution in [1.29, 1.82) is 0 Å². The van der Waals surface area contributed by atoms with Gasteiger partial charge in [-0.3, -0.25) is 0 Å². The highest BCUT2D eigenvalue weighted by Crippen LogP contribution is 2.39. The van der Waals surface area contributed by atoms with Crippen molar-refractivity contribution in [2.45, 2.75) is 77.0 Å². The first-order chi connectivity index (χ1) is 13.5. The Morgan fingerprint density at radius 1 is 0.931 bits per heavy atom. The molecule has 0 saturated carbocycles. The largest absolute Gasteiger partial charge is 0.505 e. The van der Waals surface area contributed by atoms with Crippen molar-refractivity contribution >= 4 is 22.8 Å². The lowest BCUT2D eigenvalue weighted by molar-refractivity contribution is 0.438. The van der Waals surface area contributed by atoms with Crippen LogP contribution in [0.15, 0.2) is 35.2 Å². The lowest BCUT2D eigenvalue weighted by atomic mass is 9.80. The van der Waals surface area contributed by atoms with Crippen molar-refractivity contribution in [2.24, 2.45) is 0 Å². The Balaban J connectivity index is 2.10. The van der Waals surface area contributed by atoms with Gasteiger partial charge in [0.15, 0.2) is 0 Å². The minimum atomic E-state index is -0.185. The number of fused-ring (bicyclic) bond motifs is 1. The second kappa shape index (κ2) is 8.02. The van der Waals surface area contributed by atoms with Crippen LogP contribution in [-0.4, -0.2) is 25.9 Å². The molecule has 156 valence electrons. The second-order valence-corrected chi connectivity index (χ2v) is 10.9. The second-order valence-electron chi connectivity index (χ2n) is 9.73. The van der Waals surface area contributed by atoms with Gasteiger partial charge in [0.05, 0.1) is 0 Å². The fraction of sp³-hybridized carbons (Fsp3) is 0.500. The summed E-state index contributed by atoms with van der Waals surface area (Å²) < 4.78 is 0. The SMILES string of the molecule is CCCCSc1ccc2nn(-c3cc(C(C)(C)C)cc(C(C)(C)C)c3O)nc2c1. The fourth-order valence-electron chi connectivity index (χ4n) is 3.20. The maximum atomic E-state index is 11.1. The van der Waals surface area contributed by atoms with E-state index < -0.39 is 0 Å². The number of benzene rings is 2. The van der Waals surface area contributed by atoms with E-state index in [-0.39, 0.29) is 16.6 Å². The van der Waals surface area contributed by atoms with E-state index in [1.165, 1.54) is 17.7 Å². The quantitative estimate of drug-likeness (QED) is 0.379. The zero-order valence-corrected chi connectivity index (χ0v) is 19.5. The number of nitrogens with zero attached hydrogens (tertiary/aromatic N) is 3. The van der Waals surface area contributed by atoms with E-state index in [0.717, 1.165) is 27.9 Å². The van der Waals surface area contributed by atoms with Gasteiger partial charge in [0, 0.05) is 10.5 Å². The number of hydrogen-bond donors (Lipinski definition) is 1. The van der Waals surface area contributed by atoms with Gasteiger partial charge in [-0.2, -0.15) is 0 Å². The molecule has 2 aromatic carbocycles. The number of phenolic OH excluding ortho intramolecular Hbond substituents is 1. The maximum absolute atomic E-state index is 11.1. The van der Waals surface area contributed by atoms with Gasteiger partial charge in [-0.25, -0.2) is 0 Å². The van der Waals surface area contributed by atoms with Crippen LogP contribution in [0.3, 0.4) is 0 Å². The first kappa shape index (κ1) is 21.7. The van der Waals surface area contributed by atoms with Gasteiger partial charge in [0.1, 0.15) is 22.5 Å². The van der Waals surface area contributed by atoms with Gasteiger partial charge >= 0.3 is 0 Å². The number of rotatable bonds is 5. The third kappa shape index (κ3) is 4.77. The topological polar surface area (TPSA) is 50.9 Å². The third-order valence-electron chi connectivity index (χ3n) is 5.10. The highest BCUT2D eigenvalue weighted by Gasteiger charge is 2.26. The summed E-state index contributed by atoms with van der Waals surface area (Å²) in [4.78, 5) is 2.80. The summed E-state index contributed by atoms with van der Waals surface area (Å²) in [6.45, 7) is 15.1. The summed E-state index contributed by atoms with van der Waals surface area (Å²) in [7, 11) is 0. The average molecular weight is 412 g/mol. The summed E-state index contributed by atoms with van der Waals surface area (Å²) in [6, 6.07) is 10.3. The molecule has 4 nitrogen and oxygen atoms in total. The summed E-state index contributed by atoms with van der Waals surface area (Å²) in [5.74, 6) is 1.36. The molecule has 3 aromatic rings. The molecule has 0 fully saturated rings. The van der Waals surface area contributed by atoms with Crippen LogP contribution in [-0.2, 0) is 10.8 Å². The molecule has 0 atom stereocenters. The molecule has 0 aliphatic rings. The van der Waals surface area contributed by atoms with E-state index >= 15 is 0 Å². The van der Waals surface area contributed by atoms with Crippen LogP contribution >= 0.6 is 11.8 Å². The third-order valence-corrected chi connectivity index (χ3v) is 6.18. The zero-order valence-electron chi connectivity index (χ0n) is 18.7. The molecule has 0 spiro atoms. The van der Waals surface area contributed by atoms with E-state index in [2.05, 4.69) is 71.8 Å². The smallest absolute Gasteiger partial charge is 0.146 e. The Morgan fingerprint density at radius 2 is 1.62 bits per heavy atom. The van der Waals surface area contributed by atoms with Gasteiger partial charge in [0.2, 0.25) is 0 Å². The van der Waals surface area contributed by atoms with Gasteiger partial charge in [-0.1, -0.05) is 61.0 Å². The minimum Gasteiger partial charge on any atom is -0.505 e. The van der Waals surface area contributed by atoms with Crippen LogP contribution in [0.5, 0.6) is 5.75 Å². The molecule has 3 rings (SSSR count). The van der Waals surface area contributed by atoms with Gasteiger partial charge in [-0.15, -0.1) is 26.8 Å². The first-order valence-corrected chi connectivity index (χ1v) is 11.4. The highest BCUT2D eigenvalue weighted by atomic mass is 32.2. The van der Waals surface area contributed by atoms with Crippen molar-refractivity contribution in [3.8, 4) is 11.4 Å². The van der Waals surface area contributed by atoms with Gasteiger partial charge in [0.25, 0.3) is 0 Å². The van der Waals surface area contributed by atoms with Gasteiger partial charge in [-0.05, 0) is 52.8 Å². The molecule has 0 aliphatic heterocycles. The van der Waals surface area contributed by atoms with Crippen LogP contribution < -0.4 is 0 Å². The van der Waals surface area contributed by atoms with Crippen molar-refractivity contribution in [1.82, 2.24) is 15.0 Å². The Kier molecular flexibility index (Phi) is 6.00.